The molecule has 5 rings (SSSR count). The van der Waals surface area contributed by atoms with E-state index in [2.05, 4.69) is 34.7 Å². The quantitative estimate of drug-likeness (QED) is 0.572. The van der Waals surface area contributed by atoms with Gasteiger partial charge in [-0.25, -0.2) is 0 Å². The van der Waals surface area contributed by atoms with Crippen molar-refractivity contribution in [3.8, 4) is 5.75 Å². The molecule has 1 aromatic rings. The Bertz CT molecular complexity index is 655. The lowest BCUT2D eigenvalue weighted by Crippen LogP contribution is -2.43. The van der Waals surface area contributed by atoms with Crippen molar-refractivity contribution in [2.45, 2.75) is 24.7 Å². The summed E-state index contributed by atoms with van der Waals surface area (Å²) >= 11 is 2.30. The van der Waals surface area contributed by atoms with Crippen molar-refractivity contribution in [2.24, 2.45) is 23.7 Å². The van der Waals surface area contributed by atoms with Gasteiger partial charge in [0.05, 0.1) is 9.67 Å². The van der Waals surface area contributed by atoms with Crippen LogP contribution in [0.15, 0.2) is 36.4 Å². The highest BCUT2D eigenvalue weighted by Crippen LogP contribution is 2.60. The van der Waals surface area contributed by atoms with Crippen LogP contribution in [0.5, 0.6) is 5.75 Å². The van der Waals surface area contributed by atoms with Crippen LogP contribution in [0.25, 0.3) is 0 Å². The number of para-hydroxylation sites is 1. The highest BCUT2D eigenvalue weighted by molar-refractivity contribution is 14.1. The van der Waals surface area contributed by atoms with Gasteiger partial charge >= 0.3 is 0 Å². The Balaban J connectivity index is 1.51. The molecule has 0 radical (unpaired) electrons. The molecule has 1 aliphatic heterocycles. The topological polar surface area (TPSA) is 35.5 Å². The van der Waals surface area contributed by atoms with E-state index in [4.69, 9.17) is 9.47 Å². The monoisotopic (exact) mass is 394 g/mol. The number of Topliss-reactive ketones (excluding diaryl/α,β-unsaturated/α-hetero) is 1. The molecule has 2 bridgehead atoms. The largest absolute Gasteiger partial charge is 0.485 e. The van der Waals surface area contributed by atoms with Gasteiger partial charge in [-0.2, -0.15) is 0 Å². The summed E-state index contributed by atoms with van der Waals surface area (Å²) in [5, 5.41) is 0. The Morgan fingerprint density at radius 2 is 2.05 bits per heavy atom. The van der Waals surface area contributed by atoms with Crippen molar-refractivity contribution in [2.75, 3.05) is 0 Å². The molecule has 2 saturated carbocycles. The van der Waals surface area contributed by atoms with Crippen molar-refractivity contribution in [3.63, 3.8) is 0 Å². The number of fused-ring (bicyclic) bond motifs is 2. The van der Waals surface area contributed by atoms with Gasteiger partial charge in [-0.15, -0.1) is 0 Å². The minimum Gasteiger partial charge on any atom is -0.485 e. The summed E-state index contributed by atoms with van der Waals surface area (Å²) in [4.78, 5) is 12.4. The lowest BCUT2D eigenvalue weighted by Gasteiger charge is -2.35. The SMILES string of the molecule is O=C1[C@H]2C[C@@H]3[C@@H]4[C@H]2[C@@H](Oc2ccccc2I)C=C[C@@H]4O[C@H]13. The van der Waals surface area contributed by atoms with E-state index in [1.54, 1.807) is 0 Å². The summed E-state index contributed by atoms with van der Waals surface area (Å²) < 4.78 is 13.3. The molecule has 4 heteroatoms. The molecule has 1 aromatic carbocycles. The molecule has 0 unspecified atom stereocenters. The van der Waals surface area contributed by atoms with Gasteiger partial charge in [0.15, 0.2) is 5.78 Å². The Hall–Kier alpha value is -0.880. The molecule has 1 heterocycles. The number of halogens is 1. The molecule has 7 atom stereocenters. The summed E-state index contributed by atoms with van der Waals surface area (Å²) in [6.45, 7) is 0. The van der Waals surface area contributed by atoms with Crippen molar-refractivity contribution in [3.05, 3.63) is 40.0 Å². The fraction of sp³-hybridized carbons (Fsp3) is 0.471. The molecule has 3 aliphatic carbocycles. The van der Waals surface area contributed by atoms with Crippen molar-refractivity contribution >= 4 is 28.4 Å². The number of carbonyl (C=O) groups excluding carboxylic acids is 1. The Labute approximate surface area is 136 Å². The Morgan fingerprint density at radius 1 is 1.19 bits per heavy atom. The predicted molar refractivity (Wildman–Crippen MR) is 85.0 cm³/mol. The normalized spacial score (nSPS) is 45.4. The van der Waals surface area contributed by atoms with E-state index in [0.717, 1.165) is 15.7 Å². The van der Waals surface area contributed by atoms with Gasteiger partial charge < -0.3 is 9.47 Å². The number of rotatable bonds is 2. The first-order valence-corrected chi connectivity index (χ1v) is 8.60. The average Bonchev–Trinajstić information content (AvgIpc) is 3.11. The summed E-state index contributed by atoms with van der Waals surface area (Å²) in [6, 6.07) is 8.06. The third-order valence-electron chi connectivity index (χ3n) is 5.62. The molecule has 3 nitrogen and oxygen atoms in total. The highest BCUT2D eigenvalue weighted by atomic mass is 127. The minimum absolute atomic E-state index is 0.00349. The molecule has 21 heavy (non-hydrogen) atoms. The summed E-state index contributed by atoms with van der Waals surface area (Å²) in [5.74, 6) is 2.59. The zero-order valence-electron chi connectivity index (χ0n) is 11.3. The second-order valence-corrected chi connectivity index (χ2v) is 7.64. The van der Waals surface area contributed by atoms with Gasteiger partial charge in [0.1, 0.15) is 18.0 Å². The first-order chi connectivity index (χ1) is 10.2. The van der Waals surface area contributed by atoms with Crippen LogP contribution in [-0.2, 0) is 9.53 Å². The van der Waals surface area contributed by atoms with Gasteiger partial charge in [-0.05, 0) is 53.1 Å². The van der Waals surface area contributed by atoms with Crippen LogP contribution in [0.3, 0.4) is 0 Å². The van der Waals surface area contributed by atoms with Crippen LogP contribution >= 0.6 is 22.6 Å². The van der Waals surface area contributed by atoms with Crippen LogP contribution in [0, 0.1) is 27.2 Å². The van der Waals surface area contributed by atoms with Gasteiger partial charge in [0.25, 0.3) is 0 Å². The summed E-state index contributed by atoms with van der Waals surface area (Å²) in [5.41, 5.74) is 0. The molecule has 1 saturated heterocycles. The Morgan fingerprint density at radius 3 is 2.90 bits per heavy atom. The van der Waals surface area contributed by atoms with Crippen LogP contribution in [0.2, 0.25) is 0 Å². The second-order valence-electron chi connectivity index (χ2n) is 6.48. The number of hydrogen-bond acceptors (Lipinski definition) is 3. The maximum Gasteiger partial charge on any atom is 0.165 e. The maximum absolute atomic E-state index is 12.4. The van der Waals surface area contributed by atoms with Crippen molar-refractivity contribution in [1.82, 2.24) is 0 Å². The van der Waals surface area contributed by atoms with E-state index in [1.807, 2.05) is 24.3 Å². The molecular formula is C17H15IO3. The maximum atomic E-state index is 12.4. The van der Waals surface area contributed by atoms with Gasteiger partial charge in [0, 0.05) is 17.8 Å². The molecule has 108 valence electrons. The molecule has 0 amide bonds. The minimum atomic E-state index is -0.124. The van der Waals surface area contributed by atoms with Gasteiger partial charge in [-0.1, -0.05) is 18.2 Å². The zero-order chi connectivity index (χ0) is 14.1. The summed E-state index contributed by atoms with van der Waals surface area (Å²) in [6.07, 6.45) is 5.25. The third kappa shape index (κ3) is 1.60. The van der Waals surface area contributed by atoms with E-state index in [1.165, 1.54) is 0 Å². The molecule has 0 spiro atoms. The van der Waals surface area contributed by atoms with Crippen LogP contribution < -0.4 is 4.74 Å². The van der Waals surface area contributed by atoms with E-state index in [-0.39, 0.29) is 24.2 Å². The zero-order valence-corrected chi connectivity index (χ0v) is 13.5. The van der Waals surface area contributed by atoms with Gasteiger partial charge in [0.2, 0.25) is 0 Å². The lowest BCUT2D eigenvalue weighted by molar-refractivity contribution is -0.131. The predicted octanol–water partition coefficient (Wildman–Crippen LogP) is 2.83. The first kappa shape index (κ1) is 12.6. The fourth-order valence-electron chi connectivity index (χ4n) is 4.88. The van der Waals surface area contributed by atoms with E-state index in [0.29, 0.717) is 23.5 Å². The molecule has 4 aliphatic rings. The van der Waals surface area contributed by atoms with Crippen LogP contribution in [0.1, 0.15) is 6.42 Å². The van der Waals surface area contributed by atoms with Crippen LogP contribution in [0.4, 0.5) is 0 Å². The standard InChI is InChI=1S/C17H15IO3/c18-10-3-1-2-4-11(10)20-12-5-6-13-15-9-7-8(14(12)15)16(19)17(9)21-13/h1-6,8-9,12-15,17H,7H2/t8-,9+,12-,13-,14+,15-,17-/m0/s1. The van der Waals surface area contributed by atoms with Crippen molar-refractivity contribution in [1.29, 1.82) is 0 Å². The second kappa shape index (κ2) is 4.32. The van der Waals surface area contributed by atoms with Crippen molar-refractivity contribution < 1.29 is 14.3 Å². The Kier molecular flexibility index (Phi) is 2.60. The van der Waals surface area contributed by atoms with E-state index >= 15 is 0 Å². The number of ketones is 1. The van der Waals surface area contributed by atoms with Crippen LogP contribution in [-0.4, -0.2) is 24.1 Å². The number of hydrogen-bond donors (Lipinski definition) is 0. The molecule has 3 fully saturated rings. The van der Waals surface area contributed by atoms with E-state index in [9.17, 15) is 4.79 Å². The number of benzene rings is 1. The number of ether oxygens (including phenoxy) is 2. The smallest absolute Gasteiger partial charge is 0.165 e. The number of carbonyl (C=O) groups is 1. The molecule has 0 aromatic heterocycles. The summed E-state index contributed by atoms with van der Waals surface area (Å²) in [7, 11) is 0. The third-order valence-corrected chi connectivity index (χ3v) is 6.51. The fourth-order valence-corrected chi connectivity index (χ4v) is 5.39. The first-order valence-electron chi connectivity index (χ1n) is 7.53. The van der Waals surface area contributed by atoms with Gasteiger partial charge in [-0.3, -0.25) is 4.79 Å². The molecular weight excluding hydrogens is 379 g/mol. The molecule has 0 N–H and O–H groups in total. The lowest BCUT2D eigenvalue weighted by atomic mass is 9.71. The highest BCUT2D eigenvalue weighted by Gasteiger charge is 2.67. The average molecular weight is 394 g/mol. The van der Waals surface area contributed by atoms with E-state index < -0.39 is 0 Å².